The van der Waals surface area contributed by atoms with Crippen LogP contribution in [0.15, 0.2) is 77.8 Å². The lowest BCUT2D eigenvalue weighted by Gasteiger charge is -2.11. The molecular formula is C24H25NO3. The summed E-state index contributed by atoms with van der Waals surface area (Å²) in [6.45, 7) is 3.22. The van der Waals surface area contributed by atoms with Crippen LogP contribution < -0.4 is 14.2 Å². The van der Waals surface area contributed by atoms with E-state index in [1.54, 1.807) is 7.11 Å². The second-order valence-corrected chi connectivity index (χ2v) is 6.18. The lowest BCUT2D eigenvalue weighted by Crippen LogP contribution is -2.03. The molecule has 0 N–H and O–H groups in total. The predicted molar refractivity (Wildman–Crippen MR) is 114 cm³/mol. The molecule has 0 saturated carbocycles. The fourth-order valence-electron chi connectivity index (χ4n) is 2.75. The van der Waals surface area contributed by atoms with Crippen LogP contribution in [0.2, 0.25) is 0 Å². The third kappa shape index (κ3) is 5.61. The van der Waals surface area contributed by atoms with Gasteiger partial charge in [-0.2, -0.15) is 0 Å². The standard InChI is InChI=1S/C24H25NO3/c1-3-27-22-12-10-21(11-13-22)25-18-20-9-14-23(24(17-20)26-2)28-16-15-19-7-5-4-6-8-19/h4-14,17-18H,3,15-16H2,1-2H3. The van der Waals surface area contributed by atoms with Gasteiger partial charge in [-0.05, 0) is 60.5 Å². The summed E-state index contributed by atoms with van der Waals surface area (Å²) in [6, 6.07) is 23.8. The first kappa shape index (κ1) is 19.5. The van der Waals surface area contributed by atoms with Crippen LogP contribution in [-0.4, -0.2) is 26.5 Å². The summed E-state index contributed by atoms with van der Waals surface area (Å²) in [6.07, 6.45) is 2.66. The molecule has 0 unspecified atom stereocenters. The number of hydrogen-bond donors (Lipinski definition) is 0. The third-order valence-corrected chi connectivity index (χ3v) is 4.19. The summed E-state index contributed by atoms with van der Waals surface area (Å²) in [5, 5.41) is 0. The first-order valence-corrected chi connectivity index (χ1v) is 9.40. The van der Waals surface area contributed by atoms with Crippen molar-refractivity contribution < 1.29 is 14.2 Å². The molecule has 3 rings (SSSR count). The van der Waals surface area contributed by atoms with Crippen molar-refractivity contribution in [1.29, 1.82) is 0 Å². The molecule has 0 aliphatic heterocycles. The lowest BCUT2D eigenvalue weighted by atomic mass is 10.2. The zero-order valence-electron chi connectivity index (χ0n) is 16.3. The predicted octanol–water partition coefficient (Wildman–Crippen LogP) is 5.47. The van der Waals surface area contributed by atoms with E-state index in [1.165, 1.54) is 5.56 Å². The van der Waals surface area contributed by atoms with Crippen molar-refractivity contribution in [3.05, 3.63) is 83.9 Å². The van der Waals surface area contributed by atoms with Gasteiger partial charge in [0.25, 0.3) is 0 Å². The number of rotatable bonds is 9. The van der Waals surface area contributed by atoms with E-state index in [0.717, 1.165) is 29.2 Å². The molecule has 0 aliphatic carbocycles. The number of methoxy groups -OCH3 is 1. The highest BCUT2D eigenvalue weighted by molar-refractivity contribution is 5.83. The molecule has 0 fully saturated rings. The minimum Gasteiger partial charge on any atom is -0.494 e. The van der Waals surface area contributed by atoms with Gasteiger partial charge in [-0.25, -0.2) is 0 Å². The fourth-order valence-corrected chi connectivity index (χ4v) is 2.75. The maximum atomic E-state index is 5.90. The number of ether oxygens (including phenoxy) is 3. The van der Waals surface area contributed by atoms with E-state index in [9.17, 15) is 0 Å². The molecule has 0 heterocycles. The van der Waals surface area contributed by atoms with Crippen molar-refractivity contribution in [2.24, 2.45) is 4.99 Å². The molecule has 0 radical (unpaired) electrons. The fraction of sp³-hybridized carbons (Fsp3) is 0.208. The molecule has 0 amide bonds. The summed E-state index contributed by atoms with van der Waals surface area (Å²) in [7, 11) is 1.65. The first-order chi connectivity index (χ1) is 13.8. The van der Waals surface area contributed by atoms with Crippen LogP contribution in [0.4, 0.5) is 5.69 Å². The van der Waals surface area contributed by atoms with Crippen LogP contribution in [-0.2, 0) is 6.42 Å². The topological polar surface area (TPSA) is 40.0 Å². The van der Waals surface area contributed by atoms with E-state index in [4.69, 9.17) is 14.2 Å². The van der Waals surface area contributed by atoms with E-state index < -0.39 is 0 Å². The molecule has 0 atom stereocenters. The summed E-state index contributed by atoms with van der Waals surface area (Å²) in [4.78, 5) is 4.51. The molecule has 0 saturated heterocycles. The smallest absolute Gasteiger partial charge is 0.161 e. The van der Waals surface area contributed by atoms with E-state index in [1.807, 2.05) is 73.8 Å². The highest BCUT2D eigenvalue weighted by Crippen LogP contribution is 2.28. The zero-order valence-corrected chi connectivity index (χ0v) is 16.3. The normalized spacial score (nSPS) is 10.8. The lowest BCUT2D eigenvalue weighted by molar-refractivity contribution is 0.297. The minimum atomic E-state index is 0.597. The van der Waals surface area contributed by atoms with E-state index in [0.29, 0.717) is 19.0 Å². The van der Waals surface area contributed by atoms with Gasteiger partial charge < -0.3 is 14.2 Å². The molecule has 4 heteroatoms. The van der Waals surface area contributed by atoms with Crippen molar-refractivity contribution in [3.63, 3.8) is 0 Å². The van der Waals surface area contributed by atoms with Crippen molar-refractivity contribution in [1.82, 2.24) is 0 Å². The second-order valence-electron chi connectivity index (χ2n) is 6.18. The summed E-state index contributed by atoms with van der Waals surface area (Å²) in [5.74, 6) is 2.28. The van der Waals surface area contributed by atoms with Crippen LogP contribution in [0.3, 0.4) is 0 Å². The number of aliphatic imine (C=N–C) groups is 1. The van der Waals surface area contributed by atoms with E-state index in [2.05, 4.69) is 17.1 Å². The SMILES string of the molecule is CCOc1ccc(N=Cc2ccc(OCCc3ccccc3)c(OC)c2)cc1. The van der Waals surface area contributed by atoms with Gasteiger partial charge in [-0.1, -0.05) is 30.3 Å². The van der Waals surface area contributed by atoms with Gasteiger partial charge in [0.2, 0.25) is 0 Å². The summed E-state index contributed by atoms with van der Waals surface area (Å²) >= 11 is 0. The Morgan fingerprint density at radius 3 is 2.36 bits per heavy atom. The largest absolute Gasteiger partial charge is 0.494 e. The van der Waals surface area contributed by atoms with Crippen molar-refractivity contribution >= 4 is 11.9 Å². The van der Waals surface area contributed by atoms with Gasteiger partial charge in [0.1, 0.15) is 5.75 Å². The second kappa shape index (κ2) is 10.2. The van der Waals surface area contributed by atoms with Gasteiger partial charge in [-0.15, -0.1) is 0 Å². The molecule has 4 nitrogen and oxygen atoms in total. The number of nitrogens with zero attached hydrogens (tertiary/aromatic N) is 1. The van der Waals surface area contributed by atoms with Gasteiger partial charge >= 0.3 is 0 Å². The average Bonchev–Trinajstić information content (AvgIpc) is 2.75. The first-order valence-electron chi connectivity index (χ1n) is 9.40. The van der Waals surface area contributed by atoms with Crippen LogP contribution in [0.25, 0.3) is 0 Å². The third-order valence-electron chi connectivity index (χ3n) is 4.19. The number of benzene rings is 3. The molecule has 3 aromatic rings. The van der Waals surface area contributed by atoms with Gasteiger partial charge in [0.15, 0.2) is 11.5 Å². The zero-order chi connectivity index (χ0) is 19.6. The van der Waals surface area contributed by atoms with Crippen LogP contribution >= 0.6 is 0 Å². The van der Waals surface area contributed by atoms with E-state index >= 15 is 0 Å². The van der Waals surface area contributed by atoms with Crippen molar-refractivity contribution in [2.45, 2.75) is 13.3 Å². The Balaban J connectivity index is 1.61. The Hall–Kier alpha value is -3.27. The molecule has 28 heavy (non-hydrogen) atoms. The van der Waals surface area contributed by atoms with Crippen molar-refractivity contribution in [2.75, 3.05) is 20.3 Å². The Bertz CT molecular complexity index is 889. The molecule has 3 aromatic carbocycles. The maximum Gasteiger partial charge on any atom is 0.161 e. The Kier molecular flexibility index (Phi) is 7.08. The van der Waals surface area contributed by atoms with Crippen LogP contribution in [0.1, 0.15) is 18.1 Å². The van der Waals surface area contributed by atoms with Crippen molar-refractivity contribution in [3.8, 4) is 17.2 Å². The molecule has 0 spiro atoms. The van der Waals surface area contributed by atoms with Gasteiger partial charge in [0.05, 0.1) is 26.0 Å². The number of hydrogen-bond acceptors (Lipinski definition) is 4. The maximum absolute atomic E-state index is 5.90. The molecule has 0 bridgehead atoms. The summed E-state index contributed by atoms with van der Waals surface area (Å²) < 4.78 is 16.8. The monoisotopic (exact) mass is 375 g/mol. The van der Waals surface area contributed by atoms with Gasteiger partial charge in [0, 0.05) is 12.6 Å². The van der Waals surface area contributed by atoms with Crippen LogP contribution in [0.5, 0.6) is 17.2 Å². The quantitative estimate of drug-likeness (QED) is 0.466. The highest BCUT2D eigenvalue weighted by atomic mass is 16.5. The Morgan fingerprint density at radius 2 is 1.64 bits per heavy atom. The molecule has 144 valence electrons. The van der Waals surface area contributed by atoms with Crippen LogP contribution in [0, 0.1) is 0 Å². The minimum absolute atomic E-state index is 0.597. The van der Waals surface area contributed by atoms with Gasteiger partial charge in [-0.3, -0.25) is 4.99 Å². The Morgan fingerprint density at radius 1 is 0.857 bits per heavy atom. The Labute approximate surface area is 166 Å². The summed E-state index contributed by atoms with van der Waals surface area (Å²) in [5.41, 5.74) is 3.06. The molecule has 0 aliphatic rings. The average molecular weight is 375 g/mol. The molecular weight excluding hydrogens is 350 g/mol. The highest BCUT2D eigenvalue weighted by Gasteiger charge is 2.05. The van der Waals surface area contributed by atoms with E-state index in [-0.39, 0.29) is 0 Å². The molecule has 0 aromatic heterocycles.